The van der Waals surface area contributed by atoms with Crippen molar-refractivity contribution < 1.29 is 4.74 Å². The molecule has 0 aliphatic carbocycles. The van der Waals surface area contributed by atoms with Gasteiger partial charge in [0.05, 0.1) is 0 Å². The highest BCUT2D eigenvalue weighted by atomic mass is 35.5. The van der Waals surface area contributed by atoms with E-state index in [1.54, 1.807) is 0 Å². The number of halogens is 1. The first-order valence-corrected chi connectivity index (χ1v) is 8.21. The van der Waals surface area contributed by atoms with Crippen molar-refractivity contribution in [2.75, 3.05) is 20.6 Å². The van der Waals surface area contributed by atoms with E-state index in [0.29, 0.717) is 5.92 Å². The molecule has 1 unspecified atom stereocenters. The van der Waals surface area contributed by atoms with Gasteiger partial charge < -0.3 is 9.64 Å². The average molecular weight is 318 g/mol. The number of likely N-dealkylation sites (N-methyl/N-ethyl adjacent to an activating group) is 1. The standard InChI is InChI=1S/C17H18ClNO.C2H6/c1-19(2)11-13-9-12-5-3-4-6-16(12)20-17-8-7-14(18)10-15(13)17;1-2/h3-8,10,13H,9,11H2,1-2H3;1-2H3. The van der Waals surface area contributed by atoms with Gasteiger partial charge >= 0.3 is 0 Å². The third kappa shape index (κ3) is 3.82. The summed E-state index contributed by atoms with van der Waals surface area (Å²) in [5.41, 5.74) is 2.45. The van der Waals surface area contributed by atoms with E-state index in [0.717, 1.165) is 29.5 Å². The number of ether oxygens (including phenoxy) is 1. The first-order chi connectivity index (χ1) is 10.6. The number of para-hydroxylation sites is 1. The van der Waals surface area contributed by atoms with Crippen LogP contribution < -0.4 is 4.74 Å². The fourth-order valence-electron chi connectivity index (χ4n) is 2.80. The summed E-state index contributed by atoms with van der Waals surface area (Å²) in [6.07, 6.45) is 0.974. The Morgan fingerprint density at radius 3 is 2.55 bits per heavy atom. The van der Waals surface area contributed by atoms with Gasteiger partial charge in [-0.1, -0.05) is 43.6 Å². The maximum absolute atomic E-state index is 6.17. The van der Waals surface area contributed by atoms with Crippen molar-refractivity contribution >= 4 is 11.6 Å². The number of fused-ring (bicyclic) bond motifs is 2. The van der Waals surface area contributed by atoms with Gasteiger partial charge in [-0.05, 0) is 50.3 Å². The monoisotopic (exact) mass is 317 g/mol. The second-order valence-corrected chi connectivity index (χ2v) is 5.99. The van der Waals surface area contributed by atoms with E-state index >= 15 is 0 Å². The molecular weight excluding hydrogens is 294 g/mol. The summed E-state index contributed by atoms with van der Waals surface area (Å²) in [5, 5.41) is 0.766. The van der Waals surface area contributed by atoms with Crippen molar-refractivity contribution in [2.45, 2.75) is 26.2 Å². The van der Waals surface area contributed by atoms with E-state index in [1.165, 1.54) is 11.1 Å². The topological polar surface area (TPSA) is 12.5 Å². The minimum atomic E-state index is 0.391. The zero-order chi connectivity index (χ0) is 16.1. The Bertz CT molecular complexity index is 625. The quantitative estimate of drug-likeness (QED) is 0.739. The number of nitrogens with zero attached hydrogens (tertiary/aromatic N) is 1. The molecule has 0 spiro atoms. The molecule has 1 aliphatic rings. The van der Waals surface area contributed by atoms with Crippen LogP contribution in [-0.2, 0) is 6.42 Å². The van der Waals surface area contributed by atoms with Crippen LogP contribution >= 0.6 is 11.6 Å². The molecule has 0 fully saturated rings. The summed E-state index contributed by atoms with van der Waals surface area (Å²) >= 11 is 6.17. The van der Waals surface area contributed by atoms with Gasteiger partial charge in [-0.15, -0.1) is 0 Å². The first kappa shape index (κ1) is 16.9. The van der Waals surface area contributed by atoms with Crippen LogP contribution in [-0.4, -0.2) is 25.5 Å². The van der Waals surface area contributed by atoms with Gasteiger partial charge in [0.2, 0.25) is 0 Å². The maximum atomic E-state index is 6.17. The predicted octanol–water partition coefficient (Wildman–Crippen LogP) is 5.36. The Kier molecular flexibility index (Phi) is 5.87. The molecule has 0 saturated carbocycles. The summed E-state index contributed by atoms with van der Waals surface area (Å²) in [6.45, 7) is 4.98. The van der Waals surface area contributed by atoms with Gasteiger partial charge in [0, 0.05) is 23.0 Å². The Morgan fingerprint density at radius 1 is 1.09 bits per heavy atom. The normalized spacial score (nSPS) is 15.8. The number of hydrogen-bond acceptors (Lipinski definition) is 2. The molecule has 1 heterocycles. The maximum Gasteiger partial charge on any atom is 0.131 e. The number of benzene rings is 2. The second-order valence-electron chi connectivity index (χ2n) is 5.56. The SMILES string of the molecule is CC.CN(C)CC1Cc2ccccc2Oc2ccc(Cl)cc21. The summed E-state index contributed by atoms with van der Waals surface area (Å²) < 4.78 is 6.09. The molecule has 22 heavy (non-hydrogen) atoms. The zero-order valence-corrected chi connectivity index (χ0v) is 14.5. The summed E-state index contributed by atoms with van der Waals surface area (Å²) in [5.74, 6) is 2.27. The third-order valence-electron chi connectivity index (χ3n) is 3.66. The average Bonchev–Trinajstić information content (AvgIpc) is 2.65. The molecule has 3 rings (SSSR count). The molecule has 0 amide bonds. The van der Waals surface area contributed by atoms with Crippen molar-refractivity contribution in [3.63, 3.8) is 0 Å². The first-order valence-electron chi connectivity index (χ1n) is 7.83. The molecule has 3 heteroatoms. The van der Waals surface area contributed by atoms with Crippen LogP contribution in [0.1, 0.15) is 30.9 Å². The largest absolute Gasteiger partial charge is 0.457 e. The van der Waals surface area contributed by atoms with Crippen molar-refractivity contribution in [3.8, 4) is 11.5 Å². The van der Waals surface area contributed by atoms with Crippen LogP contribution in [0.15, 0.2) is 42.5 Å². The van der Waals surface area contributed by atoms with Gasteiger partial charge in [0.1, 0.15) is 11.5 Å². The minimum absolute atomic E-state index is 0.391. The lowest BCUT2D eigenvalue weighted by molar-refractivity contribution is 0.371. The fraction of sp³-hybridized carbons (Fsp3) is 0.368. The summed E-state index contributed by atoms with van der Waals surface area (Å²) in [4.78, 5) is 2.21. The van der Waals surface area contributed by atoms with Crippen molar-refractivity contribution in [1.82, 2.24) is 4.90 Å². The van der Waals surface area contributed by atoms with E-state index in [1.807, 2.05) is 44.2 Å². The lowest BCUT2D eigenvalue weighted by Gasteiger charge is -2.21. The molecule has 0 aromatic heterocycles. The molecule has 2 aromatic rings. The van der Waals surface area contributed by atoms with E-state index in [9.17, 15) is 0 Å². The molecule has 1 atom stereocenters. The molecule has 2 nitrogen and oxygen atoms in total. The van der Waals surface area contributed by atoms with Crippen LogP contribution in [0, 0.1) is 0 Å². The minimum Gasteiger partial charge on any atom is -0.457 e. The predicted molar refractivity (Wildman–Crippen MR) is 94.3 cm³/mol. The smallest absolute Gasteiger partial charge is 0.131 e. The molecular formula is C19H24ClNO. The van der Waals surface area contributed by atoms with E-state index < -0.39 is 0 Å². The van der Waals surface area contributed by atoms with Crippen molar-refractivity contribution in [2.24, 2.45) is 0 Å². The molecule has 0 bridgehead atoms. The van der Waals surface area contributed by atoms with Crippen LogP contribution in [0.4, 0.5) is 0 Å². The van der Waals surface area contributed by atoms with E-state index in [-0.39, 0.29) is 0 Å². The van der Waals surface area contributed by atoms with Crippen molar-refractivity contribution in [3.05, 3.63) is 58.6 Å². The molecule has 2 aromatic carbocycles. The van der Waals surface area contributed by atoms with Gasteiger partial charge in [0.25, 0.3) is 0 Å². The van der Waals surface area contributed by atoms with E-state index in [4.69, 9.17) is 16.3 Å². The molecule has 1 aliphatic heterocycles. The van der Waals surface area contributed by atoms with Gasteiger partial charge in [-0.3, -0.25) is 0 Å². The van der Waals surface area contributed by atoms with Gasteiger partial charge in [0.15, 0.2) is 0 Å². The molecule has 0 N–H and O–H groups in total. The van der Waals surface area contributed by atoms with Gasteiger partial charge in [-0.25, -0.2) is 0 Å². The highest BCUT2D eigenvalue weighted by Crippen LogP contribution is 2.40. The molecule has 0 radical (unpaired) electrons. The zero-order valence-electron chi connectivity index (χ0n) is 13.8. The number of rotatable bonds is 2. The summed E-state index contributed by atoms with van der Waals surface area (Å²) in [7, 11) is 4.20. The second kappa shape index (κ2) is 7.66. The molecule has 118 valence electrons. The Hall–Kier alpha value is -1.51. The van der Waals surface area contributed by atoms with E-state index in [2.05, 4.69) is 31.1 Å². The van der Waals surface area contributed by atoms with Crippen LogP contribution in [0.5, 0.6) is 11.5 Å². The molecule has 0 saturated heterocycles. The van der Waals surface area contributed by atoms with Crippen LogP contribution in [0.3, 0.4) is 0 Å². The van der Waals surface area contributed by atoms with Crippen LogP contribution in [0.25, 0.3) is 0 Å². The lowest BCUT2D eigenvalue weighted by Crippen LogP contribution is -2.21. The highest BCUT2D eigenvalue weighted by Gasteiger charge is 2.24. The Morgan fingerprint density at radius 2 is 1.82 bits per heavy atom. The third-order valence-corrected chi connectivity index (χ3v) is 3.89. The van der Waals surface area contributed by atoms with Crippen molar-refractivity contribution in [1.29, 1.82) is 0 Å². The highest BCUT2D eigenvalue weighted by molar-refractivity contribution is 6.30. The van der Waals surface area contributed by atoms with Crippen LogP contribution in [0.2, 0.25) is 5.02 Å². The summed E-state index contributed by atoms with van der Waals surface area (Å²) in [6, 6.07) is 14.2. The Labute approximate surface area is 138 Å². The number of hydrogen-bond donors (Lipinski definition) is 0. The Balaban J connectivity index is 0.000000847. The van der Waals surface area contributed by atoms with Gasteiger partial charge in [-0.2, -0.15) is 0 Å². The fourth-order valence-corrected chi connectivity index (χ4v) is 2.98. The lowest BCUT2D eigenvalue weighted by atomic mass is 9.91.